The first-order valence-electron chi connectivity index (χ1n) is 8.67. The summed E-state index contributed by atoms with van der Waals surface area (Å²) in [6, 6.07) is 7.20. The highest BCUT2D eigenvalue weighted by Crippen LogP contribution is 2.37. The molecule has 168 valence electrons. The number of halogens is 4. The van der Waals surface area contributed by atoms with Crippen molar-refractivity contribution >= 4 is 39.1 Å². The monoisotopic (exact) mass is 502 g/mol. The van der Waals surface area contributed by atoms with Gasteiger partial charge in [0.15, 0.2) is 11.6 Å². The molecule has 12 heteroatoms. The number of hydrogen-bond acceptors (Lipinski definition) is 6. The Morgan fingerprint density at radius 3 is 2.38 bits per heavy atom. The van der Waals surface area contributed by atoms with E-state index < -0.39 is 33.1 Å². The number of rotatable bonds is 6. The van der Waals surface area contributed by atoms with E-state index in [2.05, 4.69) is 4.98 Å². The highest BCUT2D eigenvalue weighted by Gasteiger charge is 2.21. The Bertz CT molecular complexity index is 1320. The summed E-state index contributed by atoms with van der Waals surface area (Å²) in [5.74, 6) is -3.07. The van der Waals surface area contributed by atoms with Crippen molar-refractivity contribution in [1.82, 2.24) is 9.71 Å². The highest BCUT2D eigenvalue weighted by atomic mass is 35.5. The number of hydrogen-bond donors (Lipinski definition) is 1. The summed E-state index contributed by atoms with van der Waals surface area (Å²) in [5.41, 5.74) is -0.0578. The average Bonchev–Trinajstić information content (AvgIpc) is 2.69. The molecule has 7 nitrogen and oxygen atoms in total. The quantitative estimate of drug-likeness (QED) is 0.518. The van der Waals surface area contributed by atoms with E-state index in [1.54, 1.807) is 4.72 Å². The molecule has 0 unspecified atom stereocenters. The standard InChI is InChI=1S/C20H14Cl2F2N2O5S/c1-30-18-8-13(19(27)26-32(2,28)29)15(23)7-12(18)10-5-14(22)20(25-9-10)31-17-4-3-11(21)6-16(17)24/h3-9H,1-2H3,(H,26,27). The molecule has 1 N–H and O–H groups in total. The van der Waals surface area contributed by atoms with Crippen LogP contribution in [0.2, 0.25) is 10.0 Å². The van der Waals surface area contributed by atoms with E-state index in [4.69, 9.17) is 32.7 Å². The number of ether oxygens (including phenoxy) is 2. The van der Waals surface area contributed by atoms with E-state index >= 15 is 0 Å². The smallest absolute Gasteiger partial charge is 0.267 e. The van der Waals surface area contributed by atoms with Gasteiger partial charge in [0.1, 0.15) is 16.6 Å². The van der Waals surface area contributed by atoms with Crippen LogP contribution in [0.3, 0.4) is 0 Å². The first-order valence-corrected chi connectivity index (χ1v) is 11.3. The van der Waals surface area contributed by atoms with Gasteiger partial charge in [-0.25, -0.2) is 26.9 Å². The molecule has 0 bridgehead atoms. The first-order chi connectivity index (χ1) is 15.0. The number of benzene rings is 2. The molecule has 0 spiro atoms. The molecule has 1 aromatic heterocycles. The van der Waals surface area contributed by atoms with Crippen LogP contribution in [0.5, 0.6) is 17.4 Å². The minimum absolute atomic E-state index is 0.0155. The lowest BCUT2D eigenvalue weighted by atomic mass is 10.0. The number of nitrogens with zero attached hydrogens (tertiary/aromatic N) is 1. The largest absolute Gasteiger partial charge is 0.496 e. The zero-order valence-electron chi connectivity index (χ0n) is 16.5. The summed E-state index contributed by atoms with van der Waals surface area (Å²) in [6.45, 7) is 0. The van der Waals surface area contributed by atoms with E-state index in [1.807, 2.05) is 0 Å². The number of amides is 1. The second kappa shape index (κ2) is 9.27. The van der Waals surface area contributed by atoms with E-state index in [9.17, 15) is 22.0 Å². The predicted molar refractivity (Wildman–Crippen MR) is 115 cm³/mol. The Morgan fingerprint density at radius 2 is 1.78 bits per heavy atom. The first kappa shape index (κ1) is 23.7. The highest BCUT2D eigenvalue weighted by molar-refractivity contribution is 7.89. The van der Waals surface area contributed by atoms with Crippen LogP contribution < -0.4 is 14.2 Å². The van der Waals surface area contributed by atoms with E-state index in [0.29, 0.717) is 5.56 Å². The number of nitrogens with one attached hydrogen (secondary N) is 1. The molecule has 32 heavy (non-hydrogen) atoms. The van der Waals surface area contributed by atoms with Crippen molar-refractivity contribution in [2.24, 2.45) is 0 Å². The maximum Gasteiger partial charge on any atom is 0.267 e. The molecule has 0 aliphatic heterocycles. The van der Waals surface area contributed by atoms with E-state index in [-0.39, 0.29) is 33.0 Å². The number of carbonyl (C=O) groups excluding carboxylic acids is 1. The lowest BCUT2D eigenvalue weighted by Crippen LogP contribution is -2.30. The van der Waals surface area contributed by atoms with Gasteiger partial charge in [0, 0.05) is 22.3 Å². The third-order valence-corrected chi connectivity index (χ3v) is 5.09. The van der Waals surface area contributed by atoms with Crippen LogP contribution >= 0.6 is 23.2 Å². The summed E-state index contributed by atoms with van der Waals surface area (Å²) in [6.07, 6.45) is 2.05. The van der Waals surface area contributed by atoms with Gasteiger partial charge in [-0.1, -0.05) is 23.2 Å². The Kier molecular flexibility index (Phi) is 6.87. The molecule has 1 amide bonds. The Hall–Kier alpha value is -2.95. The number of methoxy groups -OCH3 is 1. The van der Waals surface area contributed by atoms with Crippen LogP contribution in [-0.4, -0.2) is 32.7 Å². The normalized spacial score (nSPS) is 11.2. The van der Waals surface area contributed by atoms with Crippen molar-refractivity contribution in [3.63, 3.8) is 0 Å². The Balaban J connectivity index is 1.96. The second-order valence-corrected chi connectivity index (χ2v) is 9.02. The summed E-state index contributed by atoms with van der Waals surface area (Å²) in [5, 5.41) is 0.172. The van der Waals surface area contributed by atoms with Crippen LogP contribution in [0.15, 0.2) is 42.6 Å². The van der Waals surface area contributed by atoms with Crippen molar-refractivity contribution in [3.05, 3.63) is 69.8 Å². The van der Waals surface area contributed by atoms with E-state index in [1.165, 1.54) is 31.5 Å². The lowest BCUT2D eigenvalue weighted by molar-refractivity contribution is 0.0977. The molecule has 3 rings (SSSR count). The molecule has 0 fully saturated rings. The van der Waals surface area contributed by atoms with Crippen LogP contribution in [0.1, 0.15) is 10.4 Å². The molecule has 0 saturated heterocycles. The number of aromatic nitrogens is 1. The molecule has 0 aliphatic carbocycles. The van der Waals surface area contributed by atoms with Gasteiger partial charge in [0.2, 0.25) is 15.9 Å². The van der Waals surface area contributed by atoms with Gasteiger partial charge in [0.05, 0.1) is 18.9 Å². The molecule has 0 aliphatic rings. The fourth-order valence-corrected chi connectivity index (χ4v) is 3.47. The van der Waals surface area contributed by atoms with Gasteiger partial charge in [0.25, 0.3) is 5.91 Å². The summed E-state index contributed by atoms with van der Waals surface area (Å²) < 4.78 is 63.3. The summed E-state index contributed by atoms with van der Waals surface area (Å²) in [7, 11) is -2.61. The lowest BCUT2D eigenvalue weighted by Gasteiger charge is -2.13. The van der Waals surface area contributed by atoms with Gasteiger partial charge in [-0.05, 0) is 36.4 Å². The van der Waals surface area contributed by atoms with Crippen molar-refractivity contribution in [2.75, 3.05) is 13.4 Å². The van der Waals surface area contributed by atoms with Gasteiger partial charge >= 0.3 is 0 Å². The number of pyridine rings is 1. The van der Waals surface area contributed by atoms with Gasteiger partial charge < -0.3 is 9.47 Å². The topological polar surface area (TPSA) is 94.6 Å². The predicted octanol–water partition coefficient (Wildman–Crippen LogP) is 4.82. The van der Waals surface area contributed by atoms with Gasteiger partial charge in [-0.2, -0.15) is 0 Å². The molecule has 3 aromatic rings. The minimum atomic E-state index is -3.89. The Morgan fingerprint density at radius 1 is 1.06 bits per heavy atom. The zero-order valence-corrected chi connectivity index (χ0v) is 18.8. The van der Waals surface area contributed by atoms with Gasteiger partial charge in [-0.3, -0.25) is 4.79 Å². The minimum Gasteiger partial charge on any atom is -0.496 e. The van der Waals surface area contributed by atoms with Crippen molar-refractivity contribution in [1.29, 1.82) is 0 Å². The molecule has 0 radical (unpaired) electrons. The molecule has 2 aromatic carbocycles. The fourth-order valence-electron chi connectivity index (χ4n) is 2.66. The van der Waals surface area contributed by atoms with Crippen LogP contribution in [0.4, 0.5) is 8.78 Å². The molecule has 0 saturated carbocycles. The van der Waals surface area contributed by atoms with Crippen LogP contribution in [-0.2, 0) is 10.0 Å². The maximum absolute atomic E-state index is 14.6. The number of carbonyl (C=O) groups is 1. The second-order valence-electron chi connectivity index (χ2n) is 6.42. The summed E-state index contributed by atoms with van der Waals surface area (Å²) in [4.78, 5) is 16.1. The summed E-state index contributed by atoms with van der Waals surface area (Å²) >= 11 is 11.9. The van der Waals surface area contributed by atoms with Crippen LogP contribution in [0.25, 0.3) is 11.1 Å². The molecular formula is C20H14Cl2F2N2O5S. The van der Waals surface area contributed by atoms with Crippen molar-refractivity contribution in [2.45, 2.75) is 0 Å². The molecule has 0 atom stereocenters. The third kappa shape index (κ3) is 5.45. The zero-order chi connectivity index (χ0) is 23.6. The van der Waals surface area contributed by atoms with Crippen molar-refractivity contribution in [3.8, 4) is 28.5 Å². The van der Waals surface area contributed by atoms with Crippen molar-refractivity contribution < 1.29 is 31.5 Å². The SMILES string of the molecule is COc1cc(C(=O)NS(C)(=O)=O)c(F)cc1-c1cnc(Oc2ccc(Cl)cc2F)c(Cl)c1. The molecule has 1 heterocycles. The maximum atomic E-state index is 14.6. The third-order valence-electron chi connectivity index (χ3n) is 4.03. The average molecular weight is 503 g/mol. The fraction of sp³-hybridized carbons (Fsp3) is 0.100. The number of sulfonamides is 1. The van der Waals surface area contributed by atoms with Gasteiger partial charge in [-0.15, -0.1) is 0 Å². The van der Waals surface area contributed by atoms with E-state index in [0.717, 1.165) is 24.5 Å². The molecular weight excluding hydrogens is 489 g/mol. The Labute approximate surface area is 191 Å². The van der Waals surface area contributed by atoms with Crippen LogP contribution in [0, 0.1) is 11.6 Å².